The maximum Gasteiger partial charge on any atom is 0.171 e. The number of nitrogens with one attached hydrogen (secondary N) is 2. The summed E-state index contributed by atoms with van der Waals surface area (Å²) in [4.78, 5) is 0. The lowest BCUT2D eigenvalue weighted by Gasteiger charge is -2.20. The molecule has 0 fully saturated rings. The fourth-order valence-corrected chi connectivity index (χ4v) is 2.99. The van der Waals surface area contributed by atoms with E-state index in [4.69, 9.17) is 23.8 Å². The predicted molar refractivity (Wildman–Crippen MR) is 98.0 cm³/mol. The highest BCUT2D eigenvalue weighted by atomic mass is 79.9. The Hall–Kier alpha value is -1.10. The molecule has 0 aliphatic carbocycles. The van der Waals surface area contributed by atoms with E-state index in [-0.39, 0.29) is 6.04 Å². The molecular weight excluding hydrogens is 368 g/mol. The highest BCUT2D eigenvalue weighted by Gasteiger charge is 2.11. The van der Waals surface area contributed by atoms with Gasteiger partial charge in [0.2, 0.25) is 0 Å². The van der Waals surface area contributed by atoms with Crippen LogP contribution in [0.4, 0.5) is 5.69 Å². The summed E-state index contributed by atoms with van der Waals surface area (Å²) >= 11 is 14.9. The first-order valence-corrected chi connectivity index (χ1v) is 8.25. The topological polar surface area (TPSA) is 24.1 Å². The molecule has 0 bridgehead atoms. The SMILES string of the molecule is CCC(NC(=S)Nc1ccc(Br)cc1Cl)c1ccccc1. The van der Waals surface area contributed by atoms with Gasteiger partial charge in [0, 0.05) is 4.47 Å². The Balaban J connectivity index is 2.03. The van der Waals surface area contributed by atoms with Crippen molar-refractivity contribution in [3.05, 3.63) is 63.6 Å². The van der Waals surface area contributed by atoms with E-state index in [0.29, 0.717) is 10.1 Å². The van der Waals surface area contributed by atoms with E-state index >= 15 is 0 Å². The summed E-state index contributed by atoms with van der Waals surface area (Å²) in [5.41, 5.74) is 2.01. The van der Waals surface area contributed by atoms with Gasteiger partial charge in [-0.2, -0.15) is 0 Å². The molecule has 0 saturated heterocycles. The molecule has 0 aliphatic heterocycles. The third kappa shape index (κ3) is 4.70. The molecule has 0 aromatic heterocycles. The van der Waals surface area contributed by atoms with Crippen molar-refractivity contribution >= 4 is 50.5 Å². The molecule has 2 nitrogen and oxygen atoms in total. The molecule has 1 unspecified atom stereocenters. The van der Waals surface area contributed by atoms with E-state index in [9.17, 15) is 0 Å². The molecule has 2 aromatic rings. The first-order valence-electron chi connectivity index (χ1n) is 6.67. The molecule has 0 radical (unpaired) electrons. The third-order valence-electron chi connectivity index (χ3n) is 3.09. The molecule has 0 amide bonds. The van der Waals surface area contributed by atoms with Crippen LogP contribution in [0.1, 0.15) is 24.9 Å². The van der Waals surface area contributed by atoms with Crippen LogP contribution in [-0.2, 0) is 0 Å². The molecule has 0 aliphatic rings. The summed E-state index contributed by atoms with van der Waals surface area (Å²) in [5, 5.41) is 7.65. The second kappa shape index (κ2) is 7.78. The average Bonchev–Trinajstić information content (AvgIpc) is 2.48. The average molecular weight is 384 g/mol. The summed E-state index contributed by atoms with van der Waals surface area (Å²) in [6.07, 6.45) is 0.944. The molecule has 21 heavy (non-hydrogen) atoms. The number of benzene rings is 2. The Labute approximate surface area is 144 Å². The van der Waals surface area contributed by atoms with Crippen LogP contribution in [0.5, 0.6) is 0 Å². The van der Waals surface area contributed by atoms with Gasteiger partial charge in [0.1, 0.15) is 0 Å². The van der Waals surface area contributed by atoms with E-state index in [1.807, 2.05) is 36.4 Å². The van der Waals surface area contributed by atoms with Gasteiger partial charge in [-0.3, -0.25) is 0 Å². The molecule has 0 saturated carbocycles. The van der Waals surface area contributed by atoms with Crippen molar-refractivity contribution in [2.24, 2.45) is 0 Å². The van der Waals surface area contributed by atoms with Gasteiger partial charge in [-0.1, -0.05) is 64.8 Å². The summed E-state index contributed by atoms with van der Waals surface area (Å²) in [6.45, 7) is 2.12. The number of rotatable bonds is 4. The van der Waals surface area contributed by atoms with Gasteiger partial charge in [-0.15, -0.1) is 0 Å². The quantitative estimate of drug-likeness (QED) is 0.678. The van der Waals surface area contributed by atoms with Crippen LogP contribution in [0.2, 0.25) is 5.02 Å². The number of hydrogen-bond donors (Lipinski definition) is 2. The molecule has 2 rings (SSSR count). The van der Waals surface area contributed by atoms with Gasteiger partial charge in [-0.05, 0) is 42.4 Å². The lowest BCUT2D eigenvalue weighted by molar-refractivity contribution is 0.629. The van der Waals surface area contributed by atoms with Crippen LogP contribution < -0.4 is 10.6 Å². The molecule has 5 heteroatoms. The van der Waals surface area contributed by atoms with Crippen molar-refractivity contribution in [1.82, 2.24) is 5.32 Å². The normalized spacial score (nSPS) is 11.8. The summed E-state index contributed by atoms with van der Waals surface area (Å²) in [6, 6.07) is 16.1. The molecule has 2 N–H and O–H groups in total. The zero-order valence-corrected chi connectivity index (χ0v) is 14.7. The predicted octanol–water partition coefficient (Wildman–Crippen LogP) is 5.54. The molecule has 0 heterocycles. The van der Waals surface area contributed by atoms with E-state index in [1.165, 1.54) is 5.56 Å². The van der Waals surface area contributed by atoms with E-state index in [2.05, 4.69) is 45.6 Å². The Morgan fingerprint density at radius 1 is 1.24 bits per heavy atom. The molecule has 1 atom stereocenters. The third-order valence-corrected chi connectivity index (χ3v) is 4.12. The van der Waals surface area contributed by atoms with Gasteiger partial charge in [0.25, 0.3) is 0 Å². The lowest BCUT2D eigenvalue weighted by atomic mass is 10.1. The van der Waals surface area contributed by atoms with Gasteiger partial charge in [-0.25, -0.2) is 0 Å². The molecule has 110 valence electrons. The minimum atomic E-state index is 0.181. The van der Waals surface area contributed by atoms with Crippen LogP contribution in [0.3, 0.4) is 0 Å². The minimum absolute atomic E-state index is 0.181. The van der Waals surface area contributed by atoms with Crippen molar-refractivity contribution in [3.8, 4) is 0 Å². The maximum atomic E-state index is 6.18. The van der Waals surface area contributed by atoms with Crippen molar-refractivity contribution < 1.29 is 0 Å². The smallest absolute Gasteiger partial charge is 0.171 e. The van der Waals surface area contributed by atoms with Crippen LogP contribution >= 0.6 is 39.7 Å². The minimum Gasteiger partial charge on any atom is -0.356 e. The Bertz CT molecular complexity index is 619. The van der Waals surface area contributed by atoms with Crippen molar-refractivity contribution in [2.45, 2.75) is 19.4 Å². The number of halogens is 2. The zero-order valence-electron chi connectivity index (χ0n) is 11.6. The Morgan fingerprint density at radius 3 is 2.57 bits per heavy atom. The van der Waals surface area contributed by atoms with E-state index in [1.54, 1.807) is 0 Å². The van der Waals surface area contributed by atoms with Gasteiger partial charge in [0.05, 0.1) is 16.8 Å². The lowest BCUT2D eigenvalue weighted by Crippen LogP contribution is -2.32. The van der Waals surface area contributed by atoms with Crippen molar-refractivity contribution in [1.29, 1.82) is 0 Å². The maximum absolute atomic E-state index is 6.18. The van der Waals surface area contributed by atoms with Gasteiger partial charge < -0.3 is 10.6 Å². The van der Waals surface area contributed by atoms with Gasteiger partial charge in [0.15, 0.2) is 5.11 Å². The second-order valence-corrected chi connectivity index (χ2v) is 6.33. The first kappa shape index (κ1) is 16.3. The summed E-state index contributed by atoms with van der Waals surface area (Å²) in [7, 11) is 0. The fourth-order valence-electron chi connectivity index (χ4n) is 2.01. The van der Waals surface area contributed by atoms with Crippen LogP contribution in [0.15, 0.2) is 53.0 Å². The highest BCUT2D eigenvalue weighted by molar-refractivity contribution is 9.10. The van der Waals surface area contributed by atoms with E-state index in [0.717, 1.165) is 16.6 Å². The first-order chi connectivity index (χ1) is 10.1. The molecular formula is C16H16BrClN2S. The van der Waals surface area contributed by atoms with Crippen LogP contribution in [0, 0.1) is 0 Å². The Kier molecular flexibility index (Phi) is 6.03. The number of hydrogen-bond acceptors (Lipinski definition) is 1. The number of anilines is 1. The van der Waals surface area contributed by atoms with Crippen molar-refractivity contribution in [2.75, 3.05) is 5.32 Å². The van der Waals surface area contributed by atoms with Gasteiger partial charge >= 0.3 is 0 Å². The highest BCUT2D eigenvalue weighted by Crippen LogP contribution is 2.26. The standard InChI is InChI=1S/C16H16BrClN2S/c1-2-14(11-6-4-3-5-7-11)19-16(21)20-15-9-8-12(17)10-13(15)18/h3-10,14H,2H2,1H3,(H2,19,20,21). The van der Waals surface area contributed by atoms with Crippen molar-refractivity contribution in [3.63, 3.8) is 0 Å². The largest absolute Gasteiger partial charge is 0.356 e. The fraction of sp³-hybridized carbons (Fsp3) is 0.188. The van der Waals surface area contributed by atoms with E-state index < -0.39 is 0 Å². The summed E-state index contributed by atoms with van der Waals surface area (Å²) < 4.78 is 0.938. The second-order valence-electron chi connectivity index (χ2n) is 4.59. The zero-order chi connectivity index (χ0) is 15.2. The monoisotopic (exact) mass is 382 g/mol. The molecule has 2 aromatic carbocycles. The molecule has 0 spiro atoms. The van der Waals surface area contributed by atoms with Crippen LogP contribution in [-0.4, -0.2) is 5.11 Å². The summed E-state index contributed by atoms with van der Waals surface area (Å²) in [5.74, 6) is 0. The van der Waals surface area contributed by atoms with Crippen LogP contribution in [0.25, 0.3) is 0 Å². The number of thiocarbonyl (C=S) groups is 1. The Morgan fingerprint density at radius 2 is 1.95 bits per heavy atom.